The summed E-state index contributed by atoms with van der Waals surface area (Å²) in [7, 11) is 0. The number of piperidine rings is 1. The highest BCUT2D eigenvalue weighted by molar-refractivity contribution is 5.68. The molecule has 20 heavy (non-hydrogen) atoms. The van der Waals surface area contributed by atoms with E-state index in [4.69, 9.17) is 10.5 Å². The third-order valence-corrected chi connectivity index (χ3v) is 4.28. The lowest BCUT2D eigenvalue weighted by molar-refractivity contribution is 0.0137. The fourth-order valence-electron chi connectivity index (χ4n) is 3.30. The van der Waals surface area contributed by atoms with Crippen molar-refractivity contribution in [3.63, 3.8) is 0 Å². The molecule has 2 fully saturated rings. The van der Waals surface area contributed by atoms with Gasteiger partial charge in [0.15, 0.2) is 0 Å². The van der Waals surface area contributed by atoms with Gasteiger partial charge in [0.2, 0.25) is 0 Å². The Morgan fingerprint density at radius 3 is 2.40 bits per heavy atom. The second kappa shape index (κ2) is 6.31. The zero-order valence-electron chi connectivity index (χ0n) is 13.1. The fourth-order valence-corrected chi connectivity index (χ4v) is 3.30. The molecule has 2 rings (SSSR count). The summed E-state index contributed by atoms with van der Waals surface area (Å²) in [6, 6.07) is 1.14. The highest BCUT2D eigenvalue weighted by Gasteiger charge is 2.34. The van der Waals surface area contributed by atoms with Crippen molar-refractivity contribution < 1.29 is 9.53 Å². The van der Waals surface area contributed by atoms with Crippen LogP contribution in [0.15, 0.2) is 0 Å². The van der Waals surface area contributed by atoms with E-state index in [9.17, 15) is 4.79 Å². The summed E-state index contributed by atoms with van der Waals surface area (Å²) >= 11 is 0. The van der Waals surface area contributed by atoms with Gasteiger partial charge in [-0.2, -0.15) is 0 Å². The molecule has 2 heterocycles. The van der Waals surface area contributed by atoms with Crippen molar-refractivity contribution in [3.8, 4) is 0 Å². The Hall–Kier alpha value is -0.810. The predicted octanol–water partition coefficient (Wildman–Crippen LogP) is 1.81. The molecule has 0 aliphatic carbocycles. The van der Waals surface area contributed by atoms with Gasteiger partial charge in [-0.25, -0.2) is 4.79 Å². The number of hydrogen-bond acceptors (Lipinski definition) is 4. The van der Waals surface area contributed by atoms with Crippen LogP contribution in [0.3, 0.4) is 0 Å². The first-order valence-electron chi connectivity index (χ1n) is 7.84. The number of rotatable bonds is 2. The quantitative estimate of drug-likeness (QED) is 0.839. The Morgan fingerprint density at radius 2 is 1.85 bits per heavy atom. The zero-order chi connectivity index (χ0) is 14.8. The molecule has 5 nitrogen and oxygen atoms in total. The lowest BCUT2D eigenvalue weighted by Gasteiger charge is -2.39. The molecule has 0 aromatic carbocycles. The van der Waals surface area contributed by atoms with Gasteiger partial charge in [-0.15, -0.1) is 0 Å². The van der Waals surface area contributed by atoms with Crippen molar-refractivity contribution in [1.29, 1.82) is 0 Å². The first kappa shape index (κ1) is 15.6. The van der Waals surface area contributed by atoms with E-state index in [1.54, 1.807) is 0 Å². The van der Waals surface area contributed by atoms with Gasteiger partial charge in [0.05, 0.1) is 0 Å². The molecule has 0 radical (unpaired) electrons. The number of carbonyl (C=O) groups excluding carboxylic acids is 1. The Morgan fingerprint density at radius 1 is 1.20 bits per heavy atom. The highest BCUT2D eigenvalue weighted by Crippen LogP contribution is 2.26. The van der Waals surface area contributed by atoms with Crippen LogP contribution in [0.25, 0.3) is 0 Å². The molecule has 1 atom stereocenters. The normalized spacial score (nSPS) is 26.0. The molecule has 0 spiro atoms. The topological polar surface area (TPSA) is 58.8 Å². The fraction of sp³-hybridized carbons (Fsp3) is 0.933. The second-order valence-corrected chi connectivity index (χ2v) is 6.97. The lowest BCUT2D eigenvalue weighted by Crippen LogP contribution is -2.50. The maximum Gasteiger partial charge on any atom is 0.410 e. The van der Waals surface area contributed by atoms with Crippen molar-refractivity contribution in [3.05, 3.63) is 0 Å². The number of hydrogen-bond donors (Lipinski definition) is 1. The van der Waals surface area contributed by atoms with Crippen molar-refractivity contribution in [1.82, 2.24) is 9.80 Å². The van der Waals surface area contributed by atoms with Gasteiger partial charge in [-0.05, 0) is 53.0 Å². The molecule has 0 unspecified atom stereocenters. The Balaban J connectivity index is 1.82. The number of carbonyl (C=O) groups is 1. The molecule has 1 amide bonds. The Bertz CT molecular complexity index is 333. The third kappa shape index (κ3) is 3.85. The van der Waals surface area contributed by atoms with Crippen LogP contribution < -0.4 is 5.73 Å². The minimum absolute atomic E-state index is 0.173. The van der Waals surface area contributed by atoms with E-state index in [1.807, 2.05) is 25.7 Å². The Labute approximate surface area is 122 Å². The third-order valence-electron chi connectivity index (χ3n) is 4.28. The average molecular weight is 283 g/mol. The van der Waals surface area contributed by atoms with E-state index >= 15 is 0 Å². The van der Waals surface area contributed by atoms with E-state index in [-0.39, 0.29) is 6.09 Å². The molecule has 0 bridgehead atoms. The highest BCUT2D eigenvalue weighted by atomic mass is 16.6. The molecular weight excluding hydrogens is 254 g/mol. The van der Waals surface area contributed by atoms with Crippen molar-refractivity contribution in [2.24, 2.45) is 5.73 Å². The molecule has 2 N–H and O–H groups in total. The lowest BCUT2D eigenvalue weighted by atomic mass is 10.0. The van der Waals surface area contributed by atoms with Crippen LogP contribution in [0.4, 0.5) is 4.79 Å². The van der Waals surface area contributed by atoms with Crippen molar-refractivity contribution >= 4 is 6.09 Å². The predicted molar refractivity (Wildman–Crippen MR) is 79.6 cm³/mol. The monoisotopic (exact) mass is 283 g/mol. The number of nitrogens with two attached hydrogens (primary N) is 1. The SMILES string of the molecule is CC(C)(C)OC(=O)N1CCC(N2CCC[C@H]2CN)CC1. The smallest absolute Gasteiger partial charge is 0.410 e. The van der Waals surface area contributed by atoms with E-state index in [0.29, 0.717) is 12.1 Å². The summed E-state index contributed by atoms with van der Waals surface area (Å²) in [5.74, 6) is 0. The minimum Gasteiger partial charge on any atom is -0.444 e. The average Bonchev–Trinajstić information content (AvgIpc) is 2.85. The van der Waals surface area contributed by atoms with Crippen LogP contribution in [0.2, 0.25) is 0 Å². The largest absolute Gasteiger partial charge is 0.444 e. The van der Waals surface area contributed by atoms with Gasteiger partial charge in [-0.3, -0.25) is 4.90 Å². The van der Waals surface area contributed by atoms with Gasteiger partial charge in [0.1, 0.15) is 5.60 Å². The van der Waals surface area contributed by atoms with Gasteiger partial charge in [0, 0.05) is 31.7 Å². The molecule has 0 aromatic heterocycles. The standard InChI is InChI=1S/C15H29N3O2/c1-15(2,3)20-14(19)17-9-6-12(7-10-17)18-8-4-5-13(18)11-16/h12-13H,4-11,16H2,1-3H3/t13-/m0/s1. The zero-order valence-corrected chi connectivity index (χ0v) is 13.1. The van der Waals surface area contributed by atoms with Gasteiger partial charge in [-0.1, -0.05) is 0 Å². The molecule has 2 aliphatic heterocycles. The Kier molecular flexibility index (Phi) is 4.91. The van der Waals surface area contributed by atoms with Crippen molar-refractivity contribution in [2.75, 3.05) is 26.2 Å². The summed E-state index contributed by atoms with van der Waals surface area (Å²) in [6.07, 6.45) is 4.38. The molecular formula is C15H29N3O2. The van der Waals surface area contributed by atoms with Gasteiger partial charge in [0.25, 0.3) is 0 Å². The van der Waals surface area contributed by atoms with E-state index in [1.165, 1.54) is 19.4 Å². The summed E-state index contributed by atoms with van der Waals surface area (Å²) in [6.45, 7) is 9.25. The summed E-state index contributed by atoms with van der Waals surface area (Å²) in [5, 5.41) is 0. The molecule has 2 saturated heterocycles. The molecule has 2 aliphatic rings. The van der Waals surface area contributed by atoms with Gasteiger partial charge < -0.3 is 15.4 Å². The van der Waals surface area contributed by atoms with Gasteiger partial charge >= 0.3 is 6.09 Å². The second-order valence-electron chi connectivity index (χ2n) is 6.97. The number of amides is 1. The minimum atomic E-state index is -0.409. The maximum atomic E-state index is 12.0. The van der Waals surface area contributed by atoms with Crippen molar-refractivity contribution in [2.45, 2.75) is 64.1 Å². The molecule has 0 aromatic rings. The maximum absolute atomic E-state index is 12.0. The molecule has 5 heteroatoms. The summed E-state index contributed by atoms with van der Waals surface area (Å²) < 4.78 is 5.43. The van der Waals surface area contributed by atoms with Crippen LogP contribution in [0.1, 0.15) is 46.5 Å². The van der Waals surface area contributed by atoms with E-state index < -0.39 is 5.60 Å². The van der Waals surface area contributed by atoms with Crippen LogP contribution in [-0.2, 0) is 4.74 Å². The first-order valence-corrected chi connectivity index (χ1v) is 7.84. The summed E-state index contributed by atoms with van der Waals surface area (Å²) in [4.78, 5) is 16.4. The molecule has 0 saturated carbocycles. The number of nitrogens with zero attached hydrogens (tertiary/aromatic N) is 2. The van der Waals surface area contributed by atoms with Crippen LogP contribution >= 0.6 is 0 Å². The number of likely N-dealkylation sites (tertiary alicyclic amines) is 2. The molecule has 116 valence electrons. The van der Waals surface area contributed by atoms with Crippen LogP contribution in [0, 0.1) is 0 Å². The van der Waals surface area contributed by atoms with Crippen LogP contribution in [-0.4, -0.2) is 59.8 Å². The van der Waals surface area contributed by atoms with E-state index in [2.05, 4.69) is 4.90 Å². The van der Waals surface area contributed by atoms with Crippen LogP contribution in [0.5, 0.6) is 0 Å². The number of ether oxygens (including phenoxy) is 1. The van der Waals surface area contributed by atoms with E-state index in [0.717, 1.165) is 32.5 Å². The first-order chi connectivity index (χ1) is 9.40. The summed E-state index contributed by atoms with van der Waals surface area (Å²) in [5.41, 5.74) is 5.44.